The van der Waals surface area contributed by atoms with E-state index in [9.17, 15) is 4.79 Å². The minimum atomic E-state index is -0.160. The third-order valence-corrected chi connectivity index (χ3v) is 3.32. The number of furan rings is 1. The van der Waals surface area contributed by atoms with E-state index in [1.54, 1.807) is 13.4 Å². The molecule has 0 spiro atoms. The van der Waals surface area contributed by atoms with Crippen LogP contribution in [0.4, 0.5) is 4.79 Å². The van der Waals surface area contributed by atoms with Gasteiger partial charge in [0.1, 0.15) is 11.5 Å². The predicted octanol–water partition coefficient (Wildman–Crippen LogP) is 2.76. The van der Waals surface area contributed by atoms with Gasteiger partial charge < -0.3 is 19.8 Å². The Hall–Kier alpha value is -2.43. The number of carbonyl (C=O) groups excluding carboxylic acids is 1. The zero-order chi connectivity index (χ0) is 15.8. The molecule has 5 heteroatoms. The second-order valence-electron chi connectivity index (χ2n) is 5.18. The molecule has 0 aliphatic heterocycles. The minimum Gasteiger partial charge on any atom is -0.497 e. The van der Waals surface area contributed by atoms with Crippen LogP contribution in [-0.2, 0) is 12.8 Å². The predicted molar refractivity (Wildman–Crippen MR) is 85.1 cm³/mol. The molecule has 0 radical (unpaired) electrons. The average Bonchev–Trinajstić information content (AvgIpc) is 3.00. The molecule has 1 aromatic carbocycles. The fourth-order valence-corrected chi connectivity index (χ4v) is 2.17. The summed E-state index contributed by atoms with van der Waals surface area (Å²) in [5, 5.41) is 5.75. The highest BCUT2D eigenvalue weighted by Crippen LogP contribution is 2.11. The average molecular weight is 302 g/mol. The maximum absolute atomic E-state index is 11.8. The fourth-order valence-electron chi connectivity index (χ4n) is 2.17. The number of urea groups is 1. The van der Waals surface area contributed by atoms with Crippen LogP contribution >= 0.6 is 0 Å². The largest absolute Gasteiger partial charge is 0.497 e. The molecule has 0 saturated heterocycles. The van der Waals surface area contributed by atoms with E-state index in [0.717, 1.165) is 23.5 Å². The van der Waals surface area contributed by atoms with Gasteiger partial charge in [0.15, 0.2) is 0 Å². The van der Waals surface area contributed by atoms with E-state index in [1.807, 2.05) is 43.3 Å². The summed E-state index contributed by atoms with van der Waals surface area (Å²) in [5.74, 6) is 1.70. The number of carbonyl (C=O) groups is 1. The van der Waals surface area contributed by atoms with Crippen molar-refractivity contribution in [2.24, 2.45) is 0 Å². The SMILES string of the molecule is COc1ccc(CCNC(=O)N[C@H](C)Cc2ccco2)cc1. The molecule has 1 heterocycles. The number of ether oxygens (including phenoxy) is 1. The minimum absolute atomic E-state index is 0.0205. The molecular formula is C17H22N2O3. The van der Waals surface area contributed by atoms with Crippen molar-refractivity contribution in [2.75, 3.05) is 13.7 Å². The monoisotopic (exact) mass is 302 g/mol. The van der Waals surface area contributed by atoms with Crippen LogP contribution in [0.15, 0.2) is 47.1 Å². The van der Waals surface area contributed by atoms with E-state index >= 15 is 0 Å². The first kappa shape index (κ1) is 15.9. The van der Waals surface area contributed by atoms with Crippen LogP contribution in [0.3, 0.4) is 0 Å². The van der Waals surface area contributed by atoms with Crippen LogP contribution < -0.4 is 15.4 Å². The van der Waals surface area contributed by atoms with Gasteiger partial charge in [0.25, 0.3) is 0 Å². The Kier molecular flexibility index (Phi) is 5.89. The topological polar surface area (TPSA) is 63.5 Å². The summed E-state index contributed by atoms with van der Waals surface area (Å²) in [6.45, 7) is 2.54. The first-order valence-electron chi connectivity index (χ1n) is 7.37. The molecule has 1 atom stereocenters. The first-order chi connectivity index (χ1) is 10.7. The lowest BCUT2D eigenvalue weighted by Crippen LogP contribution is -2.42. The van der Waals surface area contributed by atoms with Crippen molar-refractivity contribution in [1.29, 1.82) is 0 Å². The van der Waals surface area contributed by atoms with E-state index in [4.69, 9.17) is 9.15 Å². The third kappa shape index (κ3) is 5.16. The zero-order valence-electron chi connectivity index (χ0n) is 13.0. The van der Waals surface area contributed by atoms with Crippen molar-refractivity contribution in [3.63, 3.8) is 0 Å². The van der Waals surface area contributed by atoms with Gasteiger partial charge in [-0.2, -0.15) is 0 Å². The molecule has 0 fully saturated rings. The van der Waals surface area contributed by atoms with Gasteiger partial charge in [0, 0.05) is 19.0 Å². The van der Waals surface area contributed by atoms with Gasteiger partial charge in [-0.1, -0.05) is 12.1 Å². The highest BCUT2D eigenvalue weighted by atomic mass is 16.5. The Morgan fingerprint density at radius 1 is 1.27 bits per heavy atom. The Bertz CT molecular complexity index is 564. The second kappa shape index (κ2) is 8.12. The Balaban J connectivity index is 1.66. The number of benzene rings is 1. The van der Waals surface area contributed by atoms with Gasteiger partial charge in [-0.15, -0.1) is 0 Å². The molecule has 22 heavy (non-hydrogen) atoms. The van der Waals surface area contributed by atoms with Crippen molar-refractivity contribution in [2.45, 2.75) is 25.8 Å². The van der Waals surface area contributed by atoms with Crippen LogP contribution in [0.25, 0.3) is 0 Å². The van der Waals surface area contributed by atoms with E-state index in [1.165, 1.54) is 0 Å². The maximum atomic E-state index is 11.8. The Labute approximate surface area is 130 Å². The Morgan fingerprint density at radius 2 is 2.05 bits per heavy atom. The number of hydrogen-bond acceptors (Lipinski definition) is 3. The van der Waals surface area contributed by atoms with Crippen molar-refractivity contribution in [1.82, 2.24) is 10.6 Å². The fraction of sp³-hybridized carbons (Fsp3) is 0.353. The lowest BCUT2D eigenvalue weighted by molar-refractivity contribution is 0.237. The summed E-state index contributed by atoms with van der Waals surface area (Å²) < 4.78 is 10.4. The lowest BCUT2D eigenvalue weighted by atomic mass is 10.1. The molecule has 2 amide bonds. The molecular weight excluding hydrogens is 280 g/mol. The molecule has 5 nitrogen and oxygen atoms in total. The van der Waals surface area contributed by atoms with Gasteiger partial charge in [0.2, 0.25) is 0 Å². The highest BCUT2D eigenvalue weighted by molar-refractivity contribution is 5.74. The molecule has 118 valence electrons. The van der Waals surface area contributed by atoms with Crippen molar-refractivity contribution >= 4 is 6.03 Å². The standard InChI is InChI=1S/C17H22N2O3/c1-13(12-16-4-3-11-22-16)19-17(20)18-10-9-14-5-7-15(21-2)8-6-14/h3-8,11,13H,9-10,12H2,1-2H3,(H2,18,19,20)/t13-/m1/s1. The summed E-state index contributed by atoms with van der Waals surface area (Å²) in [6.07, 6.45) is 3.10. The van der Waals surface area contributed by atoms with E-state index in [0.29, 0.717) is 13.0 Å². The van der Waals surface area contributed by atoms with E-state index in [-0.39, 0.29) is 12.1 Å². The molecule has 0 unspecified atom stereocenters. The summed E-state index contributed by atoms with van der Waals surface area (Å²) in [7, 11) is 1.64. The van der Waals surface area contributed by atoms with Crippen molar-refractivity contribution in [3.8, 4) is 5.75 Å². The number of methoxy groups -OCH3 is 1. The molecule has 2 rings (SSSR count). The molecule has 0 bridgehead atoms. The smallest absolute Gasteiger partial charge is 0.315 e. The number of amides is 2. The number of nitrogens with one attached hydrogen (secondary N) is 2. The molecule has 0 saturated carbocycles. The van der Waals surface area contributed by atoms with E-state index in [2.05, 4.69) is 10.6 Å². The lowest BCUT2D eigenvalue weighted by Gasteiger charge is -2.13. The van der Waals surface area contributed by atoms with Crippen LogP contribution in [0, 0.1) is 0 Å². The van der Waals surface area contributed by atoms with Crippen LogP contribution in [0.1, 0.15) is 18.2 Å². The van der Waals surface area contributed by atoms with Crippen LogP contribution in [0.5, 0.6) is 5.75 Å². The number of hydrogen-bond donors (Lipinski definition) is 2. The highest BCUT2D eigenvalue weighted by Gasteiger charge is 2.09. The molecule has 2 N–H and O–H groups in total. The molecule has 0 aliphatic carbocycles. The second-order valence-corrected chi connectivity index (χ2v) is 5.18. The van der Waals surface area contributed by atoms with Gasteiger partial charge in [-0.25, -0.2) is 4.79 Å². The van der Waals surface area contributed by atoms with Gasteiger partial charge in [0.05, 0.1) is 13.4 Å². The van der Waals surface area contributed by atoms with Gasteiger partial charge in [-0.05, 0) is 43.2 Å². The summed E-state index contributed by atoms with van der Waals surface area (Å²) in [5.41, 5.74) is 1.16. The molecule has 1 aromatic heterocycles. The normalized spacial score (nSPS) is 11.7. The molecule has 0 aliphatic rings. The van der Waals surface area contributed by atoms with Crippen molar-refractivity contribution < 1.29 is 13.9 Å². The maximum Gasteiger partial charge on any atom is 0.315 e. The van der Waals surface area contributed by atoms with Gasteiger partial charge >= 0.3 is 6.03 Å². The first-order valence-corrected chi connectivity index (χ1v) is 7.37. The van der Waals surface area contributed by atoms with E-state index < -0.39 is 0 Å². The number of rotatable bonds is 7. The quantitative estimate of drug-likeness (QED) is 0.826. The third-order valence-electron chi connectivity index (χ3n) is 3.32. The summed E-state index contributed by atoms with van der Waals surface area (Å²) in [4.78, 5) is 11.8. The van der Waals surface area contributed by atoms with Crippen LogP contribution in [0.2, 0.25) is 0 Å². The van der Waals surface area contributed by atoms with Crippen LogP contribution in [-0.4, -0.2) is 25.7 Å². The summed E-state index contributed by atoms with van der Waals surface area (Å²) in [6, 6.07) is 11.4. The zero-order valence-corrected chi connectivity index (χ0v) is 13.0. The summed E-state index contributed by atoms with van der Waals surface area (Å²) >= 11 is 0. The molecule has 2 aromatic rings. The van der Waals surface area contributed by atoms with Crippen molar-refractivity contribution in [3.05, 3.63) is 54.0 Å². The Morgan fingerprint density at radius 3 is 2.68 bits per heavy atom. The van der Waals surface area contributed by atoms with Gasteiger partial charge in [-0.3, -0.25) is 0 Å².